The van der Waals surface area contributed by atoms with Crippen molar-refractivity contribution >= 4 is 5.95 Å². The summed E-state index contributed by atoms with van der Waals surface area (Å²) in [5.41, 5.74) is 0. The van der Waals surface area contributed by atoms with E-state index in [-0.39, 0.29) is 0 Å². The zero-order valence-electron chi connectivity index (χ0n) is 13.3. The quantitative estimate of drug-likeness (QED) is 0.828. The summed E-state index contributed by atoms with van der Waals surface area (Å²) in [6.07, 6.45) is 10.7. The molecule has 0 saturated heterocycles. The minimum absolute atomic E-state index is 0.462. The van der Waals surface area contributed by atoms with Crippen LogP contribution >= 0.6 is 0 Å². The van der Waals surface area contributed by atoms with Crippen molar-refractivity contribution < 1.29 is 0 Å². The van der Waals surface area contributed by atoms with E-state index in [4.69, 9.17) is 0 Å². The van der Waals surface area contributed by atoms with Crippen LogP contribution in [-0.4, -0.2) is 40.1 Å². The molecule has 0 bridgehead atoms. The van der Waals surface area contributed by atoms with Crippen LogP contribution in [0.1, 0.15) is 58.9 Å². The number of anilines is 1. The van der Waals surface area contributed by atoms with Crippen LogP contribution in [0.15, 0.2) is 12.4 Å². The second kappa shape index (κ2) is 7.67. The van der Waals surface area contributed by atoms with Crippen molar-refractivity contribution in [1.82, 2.24) is 14.5 Å². The van der Waals surface area contributed by atoms with Crippen molar-refractivity contribution in [2.45, 2.75) is 65.0 Å². The van der Waals surface area contributed by atoms with Crippen LogP contribution in [0, 0.1) is 0 Å². The molecule has 1 aliphatic carbocycles. The molecule has 4 heteroatoms. The van der Waals surface area contributed by atoms with Gasteiger partial charge in [0.05, 0.1) is 0 Å². The Balaban J connectivity index is 1.96. The van der Waals surface area contributed by atoms with Crippen molar-refractivity contribution in [2.75, 3.05) is 25.0 Å². The first-order valence-electron chi connectivity index (χ1n) is 8.26. The molecule has 20 heavy (non-hydrogen) atoms. The molecule has 114 valence electrons. The monoisotopic (exact) mass is 278 g/mol. The Labute approximate surface area is 123 Å². The van der Waals surface area contributed by atoms with Crippen LogP contribution in [-0.2, 0) is 0 Å². The first-order chi connectivity index (χ1) is 9.74. The Kier molecular flexibility index (Phi) is 5.89. The number of hydrogen-bond donors (Lipinski definition) is 1. The van der Waals surface area contributed by atoms with Gasteiger partial charge in [0.25, 0.3) is 0 Å². The molecule has 1 aliphatic rings. The topological polar surface area (TPSA) is 33.1 Å². The molecule has 0 radical (unpaired) electrons. The highest BCUT2D eigenvalue weighted by Gasteiger charge is 2.17. The van der Waals surface area contributed by atoms with Gasteiger partial charge in [-0.1, -0.05) is 33.1 Å². The van der Waals surface area contributed by atoms with Gasteiger partial charge in [0, 0.05) is 31.0 Å². The standard InChI is InChI=1S/C16H30N4/c1-4-19(5-2)13-14(3)20-12-11-17-16(20)18-15-9-7-6-8-10-15/h11-12,14-15H,4-10,13H2,1-3H3,(H,17,18). The van der Waals surface area contributed by atoms with E-state index >= 15 is 0 Å². The van der Waals surface area contributed by atoms with Gasteiger partial charge in [-0.3, -0.25) is 0 Å². The molecular weight excluding hydrogens is 248 g/mol. The van der Waals surface area contributed by atoms with Gasteiger partial charge in [-0.05, 0) is 32.9 Å². The van der Waals surface area contributed by atoms with Gasteiger partial charge in [-0.15, -0.1) is 0 Å². The summed E-state index contributed by atoms with van der Waals surface area (Å²) in [7, 11) is 0. The Morgan fingerprint density at radius 1 is 1.30 bits per heavy atom. The zero-order chi connectivity index (χ0) is 14.4. The minimum Gasteiger partial charge on any atom is -0.353 e. The summed E-state index contributed by atoms with van der Waals surface area (Å²) in [6, 6.07) is 1.08. The van der Waals surface area contributed by atoms with Crippen LogP contribution < -0.4 is 5.32 Å². The summed E-state index contributed by atoms with van der Waals surface area (Å²) in [4.78, 5) is 6.99. The third kappa shape index (κ3) is 3.98. The largest absolute Gasteiger partial charge is 0.353 e. The number of nitrogens with zero attached hydrogens (tertiary/aromatic N) is 3. The van der Waals surface area contributed by atoms with Crippen LogP contribution in [0.25, 0.3) is 0 Å². The summed E-state index contributed by atoms with van der Waals surface area (Å²) in [5.74, 6) is 1.05. The second-order valence-electron chi connectivity index (χ2n) is 5.97. The molecule has 0 spiro atoms. The van der Waals surface area contributed by atoms with E-state index in [0.717, 1.165) is 25.6 Å². The summed E-state index contributed by atoms with van der Waals surface area (Å²) in [5, 5.41) is 3.65. The number of aromatic nitrogens is 2. The lowest BCUT2D eigenvalue weighted by Crippen LogP contribution is -2.31. The maximum absolute atomic E-state index is 4.52. The van der Waals surface area contributed by atoms with Crippen molar-refractivity contribution in [3.63, 3.8) is 0 Å². The highest BCUT2D eigenvalue weighted by atomic mass is 15.2. The maximum atomic E-state index is 4.52. The predicted octanol–water partition coefficient (Wildman–Crippen LogP) is 3.53. The number of likely N-dealkylation sites (N-methyl/N-ethyl adjacent to an activating group) is 1. The number of rotatable bonds is 7. The molecule has 1 N–H and O–H groups in total. The van der Waals surface area contributed by atoms with Gasteiger partial charge >= 0.3 is 0 Å². The smallest absolute Gasteiger partial charge is 0.203 e. The van der Waals surface area contributed by atoms with Gasteiger partial charge in [0.1, 0.15) is 0 Å². The van der Waals surface area contributed by atoms with Gasteiger partial charge in [0.2, 0.25) is 5.95 Å². The van der Waals surface area contributed by atoms with Crippen LogP contribution in [0.4, 0.5) is 5.95 Å². The summed E-state index contributed by atoms with van der Waals surface area (Å²) >= 11 is 0. The molecule has 1 heterocycles. The van der Waals surface area contributed by atoms with E-state index in [1.807, 2.05) is 6.20 Å². The van der Waals surface area contributed by atoms with Crippen molar-refractivity contribution in [3.8, 4) is 0 Å². The lowest BCUT2D eigenvalue weighted by Gasteiger charge is -2.27. The van der Waals surface area contributed by atoms with Crippen molar-refractivity contribution in [3.05, 3.63) is 12.4 Å². The Morgan fingerprint density at radius 2 is 2.00 bits per heavy atom. The third-order valence-corrected chi connectivity index (χ3v) is 4.50. The fourth-order valence-electron chi connectivity index (χ4n) is 3.15. The van der Waals surface area contributed by atoms with Crippen molar-refractivity contribution in [2.24, 2.45) is 0 Å². The van der Waals surface area contributed by atoms with E-state index in [0.29, 0.717) is 12.1 Å². The fraction of sp³-hybridized carbons (Fsp3) is 0.812. The fourth-order valence-corrected chi connectivity index (χ4v) is 3.15. The highest BCUT2D eigenvalue weighted by molar-refractivity contribution is 5.28. The minimum atomic E-state index is 0.462. The van der Waals surface area contributed by atoms with Crippen LogP contribution in [0.5, 0.6) is 0 Å². The lowest BCUT2D eigenvalue weighted by molar-refractivity contribution is 0.262. The molecule has 1 saturated carbocycles. The molecule has 1 aromatic heterocycles. The van der Waals surface area contributed by atoms with E-state index in [1.165, 1.54) is 32.1 Å². The molecule has 1 aromatic rings. The molecule has 0 amide bonds. The molecule has 0 aromatic carbocycles. The Morgan fingerprint density at radius 3 is 2.65 bits per heavy atom. The van der Waals surface area contributed by atoms with Gasteiger partial charge in [0.15, 0.2) is 0 Å². The van der Waals surface area contributed by atoms with Gasteiger partial charge in [-0.25, -0.2) is 4.98 Å². The SMILES string of the molecule is CCN(CC)CC(C)n1ccnc1NC1CCCCC1. The molecule has 4 nitrogen and oxygen atoms in total. The molecule has 1 fully saturated rings. The zero-order valence-corrected chi connectivity index (χ0v) is 13.3. The number of nitrogens with one attached hydrogen (secondary N) is 1. The molecular formula is C16H30N4. The van der Waals surface area contributed by atoms with E-state index in [1.54, 1.807) is 0 Å². The molecule has 1 unspecified atom stereocenters. The predicted molar refractivity (Wildman–Crippen MR) is 85.2 cm³/mol. The van der Waals surface area contributed by atoms with Crippen LogP contribution in [0.2, 0.25) is 0 Å². The first-order valence-corrected chi connectivity index (χ1v) is 8.26. The summed E-state index contributed by atoms with van der Waals surface area (Å²) in [6.45, 7) is 10.0. The second-order valence-corrected chi connectivity index (χ2v) is 5.97. The summed E-state index contributed by atoms with van der Waals surface area (Å²) < 4.78 is 2.30. The average molecular weight is 278 g/mol. The maximum Gasteiger partial charge on any atom is 0.203 e. The van der Waals surface area contributed by atoms with E-state index < -0.39 is 0 Å². The highest BCUT2D eigenvalue weighted by Crippen LogP contribution is 2.22. The van der Waals surface area contributed by atoms with E-state index in [2.05, 4.69) is 46.7 Å². The van der Waals surface area contributed by atoms with Crippen LogP contribution in [0.3, 0.4) is 0 Å². The third-order valence-electron chi connectivity index (χ3n) is 4.50. The average Bonchev–Trinajstić information content (AvgIpc) is 2.94. The normalized spacial score (nSPS) is 18.4. The lowest BCUT2D eigenvalue weighted by atomic mass is 9.96. The van der Waals surface area contributed by atoms with E-state index in [9.17, 15) is 0 Å². The first kappa shape index (κ1) is 15.4. The molecule has 1 atom stereocenters. The Bertz CT molecular complexity index is 378. The molecule has 2 rings (SSSR count). The number of imidazole rings is 1. The van der Waals surface area contributed by atoms with Gasteiger partial charge < -0.3 is 14.8 Å². The van der Waals surface area contributed by atoms with Crippen molar-refractivity contribution in [1.29, 1.82) is 0 Å². The molecule has 0 aliphatic heterocycles. The Hall–Kier alpha value is -1.03. The number of hydrogen-bond acceptors (Lipinski definition) is 3. The van der Waals surface area contributed by atoms with Gasteiger partial charge in [-0.2, -0.15) is 0 Å².